The van der Waals surface area contributed by atoms with Crippen molar-refractivity contribution in [2.45, 2.75) is 37.1 Å². The molecule has 172 valence electrons. The molecule has 0 aliphatic carbocycles. The molecule has 0 spiro atoms. The number of ketones is 1. The van der Waals surface area contributed by atoms with Crippen LogP contribution in [-0.4, -0.2) is 37.6 Å². The van der Waals surface area contributed by atoms with Crippen LogP contribution in [0.4, 0.5) is 15.8 Å². The first kappa shape index (κ1) is 24.1. The van der Waals surface area contributed by atoms with Gasteiger partial charge in [0.25, 0.3) is 0 Å². The molecule has 8 nitrogen and oxygen atoms in total. The molecule has 0 aliphatic heterocycles. The van der Waals surface area contributed by atoms with Gasteiger partial charge in [-0.2, -0.15) is 0 Å². The molecule has 0 saturated carbocycles. The molecular formula is C23H24FN5O3S. The van der Waals surface area contributed by atoms with Crippen LogP contribution in [0.2, 0.25) is 0 Å². The number of halogens is 1. The highest BCUT2D eigenvalue weighted by molar-refractivity contribution is 8.00. The Hall–Kier alpha value is -3.53. The van der Waals surface area contributed by atoms with Crippen LogP contribution in [0.15, 0.2) is 53.7 Å². The van der Waals surface area contributed by atoms with E-state index in [1.165, 1.54) is 43.0 Å². The Labute approximate surface area is 195 Å². The number of rotatable bonds is 9. The molecule has 0 aliphatic rings. The average molecular weight is 470 g/mol. The van der Waals surface area contributed by atoms with Gasteiger partial charge in [-0.05, 0) is 49.7 Å². The topological polar surface area (TPSA) is 106 Å². The molecule has 2 amide bonds. The number of carbonyl (C=O) groups is 3. The molecule has 2 N–H and O–H groups in total. The van der Waals surface area contributed by atoms with E-state index in [-0.39, 0.29) is 29.8 Å². The molecule has 1 heterocycles. The summed E-state index contributed by atoms with van der Waals surface area (Å²) in [5.74, 6) is -0.571. The third-order valence-electron chi connectivity index (χ3n) is 4.82. The lowest BCUT2D eigenvalue weighted by Crippen LogP contribution is -2.25. The highest BCUT2D eigenvalue weighted by atomic mass is 32.2. The molecule has 0 bridgehead atoms. The van der Waals surface area contributed by atoms with Crippen LogP contribution in [0.5, 0.6) is 0 Å². The zero-order valence-corrected chi connectivity index (χ0v) is 19.3. The third-order valence-corrected chi connectivity index (χ3v) is 6.22. The van der Waals surface area contributed by atoms with Crippen LogP contribution in [0.1, 0.15) is 36.5 Å². The lowest BCUT2D eigenvalue weighted by atomic mass is 10.1. The van der Waals surface area contributed by atoms with E-state index >= 15 is 0 Å². The maximum absolute atomic E-state index is 13.0. The number of hydrogen-bond acceptors (Lipinski definition) is 6. The molecule has 0 radical (unpaired) electrons. The first-order valence-corrected chi connectivity index (χ1v) is 11.2. The zero-order chi connectivity index (χ0) is 24.0. The molecule has 10 heteroatoms. The van der Waals surface area contributed by atoms with E-state index in [2.05, 4.69) is 20.8 Å². The van der Waals surface area contributed by atoms with E-state index in [1.807, 2.05) is 6.92 Å². The smallest absolute Gasteiger partial charge is 0.237 e. The Bertz CT molecular complexity index is 1160. The van der Waals surface area contributed by atoms with E-state index in [4.69, 9.17) is 0 Å². The van der Waals surface area contributed by atoms with Gasteiger partial charge in [0.15, 0.2) is 10.9 Å². The summed E-state index contributed by atoms with van der Waals surface area (Å²) in [6.45, 7) is 3.36. The van der Waals surface area contributed by atoms with Crippen molar-refractivity contribution in [3.8, 4) is 0 Å². The van der Waals surface area contributed by atoms with Gasteiger partial charge in [0.1, 0.15) is 11.6 Å². The van der Waals surface area contributed by atoms with Crippen molar-refractivity contribution in [3.05, 3.63) is 65.7 Å². The number of amides is 2. The lowest BCUT2D eigenvalue weighted by Gasteiger charge is -2.14. The standard InChI is InChI=1S/C23H24FN5O3S/c1-4-19(22(32)26-18-7-5-6-15(12-18)14(2)30)33-23-28-27-20(29(23)3)13-21(31)25-17-10-8-16(24)9-11-17/h5-12,19H,4,13H2,1-3H3,(H,25,31)(H,26,32)/t19-/m0/s1. The summed E-state index contributed by atoms with van der Waals surface area (Å²) in [6.07, 6.45) is 0.512. The average Bonchev–Trinajstić information content (AvgIpc) is 3.12. The summed E-state index contributed by atoms with van der Waals surface area (Å²) in [4.78, 5) is 36.7. The van der Waals surface area contributed by atoms with Crippen molar-refractivity contribution in [3.63, 3.8) is 0 Å². The first-order chi connectivity index (χ1) is 15.8. The van der Waals surface area contributed by atoms with Gasteiger partial charge in [-0.15, -0.1) is 10.2 Å². The predicted octanol–water partition coefficient (Wildman–Crippen LogP) is 3.85. The number of aromatic nitrogens is 3. The predicted molar refractivity (Wildman–Crippen MR) is 125 cm³/mol. The second-order valence-corrected chi connectivity index (χ2v) is 8.50. The van der Waals surface area contributed by atoms with E-state index in [0.717, 1.165) is 0 Å². The molecule has 2 aromatic carbocycles. The van der Waals surface area contributed by atoms with Gasteiger partial charge in [0.05, 0.1) is 11.7 Å². The van der Waals surface area contributed by atoms with Gasteiger partial charge < -0.3 is 15.2 Å². The number of nitrogens with zero attached hydrogens (tertiary/aromatic N) is 3. The number of benzene rings is 2. The van der Waals surface area contributed by atoms with Gasteiger partial charge in [-0.1, -0.05) is 30.8 Å². The molecule has 0 saturated heterocycles. The minimum absolute atomic E-state index is 0.0255. The highest BCUT2D eigenvalue weighted by Crippen LogP contribution is 2.25. The Morgan fingerprint density at radius 1 is 1.06 bits per heavy atom. The number of thioether (sulfide) groups is 1. The van der Waals surface area contributed by atoms with Gasteiger partial charge in [0.2, 0.25) is 11.8 Å². The largest absolute Gasteiger partial charge is 0.326 e. The summed E-state index contributed by atoms with van der Waals surface area (Å²) in [6, 6.07) is 12.2. The van der Waals surface area contributed by atoms with Gasteiger partial charge in [0, 0.05) is 24.0 Å². The Kier molecular flexibility index (Phi) is 7.94. The van der Waals surface area contributed by atoms with Crippen molar-refractivity contribution in [1.82, 2.24) is 14.8 Å². The van der Waals surface area contributed by atoms with Gasteiger partial charge >= 0.3 is 0 Å². The Morgan fingerprint density at radius 3 is 2.45 bits per heavy atom. The quantitative estimate of drug-likeness (QED) is 0.364. The second-order valence-electron chi connectivity index (χ2n) is 7.33. The number of carbonyl (C=O) groups excluding carboxylic acids is 3. The monoisotopic (exact) mass is 469 g/mol. The maximum Gasteiger partial charge on any atom is 0.237 e. The summed E-state index contributed by atoms with van der Waals surface area (Å²) in [5.41, 5.74) is 1.54. The van der Waals surface area contributed by atoms with Crippen molar-refractivity contribution in [2.24, 2.45) is 7.05 Å². The molecular weight excluding hydrogens is 445 g/mol. The molecule has 1 aromatic heterocycles. The van der Waals surface area contributed by atoms with Crippen molar-refractivity contribution in [1.29, 1.82) is 0 Å². The lowest BCUT2D eigenvalue weighted by molar-refractivity contribution is -0.116. The molecule has 33 heavy (non-hydrogen) atoms. The number of nitrogens with one attached hydrogen (secondary N) is 2. The van der Waals surface area contributed by atoms with E-state index in [1.54, 1.807) is 35.9 Å². The fourth-order valence-corrected chi connectivity index (χ4v) is 3.91. The number of anilines is 2. The van der Waals surface area contributed by atoms with Crippen LogP contribution in [0.3, 0.4) is 0 Å². The van der Waals surface area contributed by atoms with Crippen molar-refractivity contribution < 1.29 is 18.8 Å². The summed E-state index contributed by atoms with van der Waals surface area (Å²) >= 11 is 1.24. The number of hydrogen-bond donors (Lipinski definition) is 2. The van der Waals surface area contributed by atoms with Gasteiger partial charge in [-0.3, -0.25) is 14.4 Å². The van der Waals surface area contributed by atoms with Crippen molar-refractivity contribution in [2.75, 3.05) is 10.6 Å². The van der Waals surface area contributed by atoms with Crippen LogP contribution in [0.25, 0.3) is 0 Å². The fraction of sp³-hybridized carbons (Fsp3) is 0.261. The zero-order valence-electron chi connectivity index (χ0n) is 18.5. The Morgan fingerprint density at radius 2 is 1.79 bits per heavy atom. The second kappa shape index (κ2) is 10.9. The summed E-state index contributed by atoms with van der Waals surface area (Å²) in [7, 11) is 1.73. The Balaban J connectivity index is 1.63. The first-order valence-electron chi connectivity index (χ1n) is 10.3. The maximum atomic E-state index is 13.0. The van der Waals surface area contributed by atoms with Gasteiger partial charge in [-0.25, -0.2) is 4.39 Å². The van der Waals surface area contributed by atoms with E-state index in [0.29, 0.717) is 34.3 Å². The van der Waals surface area contributed by atoms with Crippen LogP contribution in [0, 0.1) is 5.82 Å². The van der Waals surface area contributed by atoms with Crippen LogP contribution < -0.4 is 10.6 Å². The summed E-state index contributed by atoms with van der Waals surface area (Å²) in [5, 5.41) is 13.8. The van der Waals surface area contributed by atoms with E-state index in [9.17, 15) is 18.8 Å². The molecule has 0 fully saturated rings. The van der Waals surface area contributed by atoms with Crippen LogP contribution in [-0.2, 0) is 23.1 Å². The molecule has 3 rings (SSSR count). The van der Waals surface area contributed by atoms with Crippen LogP contribution >= 0.6 is 11.8 Å². The SMILES string of the molecule is CC[C@H](Sc1nnc(CC(=O)Nc2ccc(F)cc2)n1C)C(=O)Nc1cccc(C(C)=O)c1. The van der Waals surface area contributed by atoms with E-state index < -0.39 is 5.25 Å². The molecule has 1 atom stereocenters. The minimum atomic E-state index is -0.449. The normalized spacial score (nSPS) is 11.6. The summed E-state index contributed by atoms with van der Waals surface area (Å²) < 4.78 is 14.7. The minimum Gasteiger partial charge on any atom is -0.326 e. The third kappa shape index (κ3) is 6.48. The number of Topliss-reactive ketones (excluding diaryl/α,β-unsaturated/α-hetero) is 1. The highest BCUT2D eigenvalue weighted by Gasteiger charge is 2.22. The fourth-order valence-electron chi connectivity index (χ4n) is 2.97. The van der Waals surface area contributed by atoms with Crippen molar-refractivity contribution >= 4 is 40.7 Å². The molecule has 0 unspecified atom stereocenters. The molecule has 3 aromatic rings.